The number of fused-ring (bicyclic) bond motifs is 3. The predicted octanol–water partition coefficient (Wildman–Crippen LogP) is 3.21. The highest BCUT2D eigenvalue weighted by molar-refractivity contribution is 5.97. The first kappa shape index (κ1) is 24.0. The van der Waals surface area contributed by atoms with Crippen LogP contribution in [0.4, 0.5) is 4.79 Å². The van der Waals surface area contributed by atoms with E-state index >= 15 is 0 Å². The lowest BCUT2D eigenvalue weighted by molar-refractivity contribution is -0.151. The number of aromatic hydroxyl groups is 1. The van der Waals surface area contributed by atoms with Gasteiger partial charge in [-0.15, -0.1) is 0 Å². The molecule has 3 N–H and O–H groups in total. The molecule has 3 aromatic carbocycles. The van der Waals surface area contributed by atoms with Crippen LogP contribution < -0.4 is 5.73 Å². The summed E-state index contributed by atoms with van der Waals surface area (Å²) in [5.41, 5.74) is 10.4. The standard InChI is InChI=1S/C27H26N2O6/c1-34-26(32)24(14-17-10-12-18(30)13-11-17)29(25(31)15-28)27(33)35-16-23-21-8-4-2-6-19(21)20-7-3-5-9-22(20)23/h2-13,23-24,30H,14-16,28H2,1H3/t24-/m1/s1. The molecule has 0 bridgehead atoms. The lowest BCUT2D eigenvalue weighted by Gasteiger charge is -2.28. The van der Waals surface area contributed by atoms with Crippen LogP contribution in [-0.4, -0.2) is 54.3 Å². The van der Waals surface area contributed by atoms with E-state index in [0.717, 1.165) is 27.2 Å². The van der Waals surface area contributed by atoms with Crippen molar-refractivity contribution in [1.29, 1.82) is 0 Å². The quantitative estimate of drug-likeness (QED) is 0.505. The first-order valence-corrected chi connectivity index (χ1v) is 11.2. The number of carbonyl (C=O) groups is 3. The van der Waals surface area contributed by atoms with E-state index < -0.39 is 30.6 Å². The fourth-order valence-electron chi connectivity index (χ4n) is 4.44. The first-order valence-electron chi connectivity index (χ1n) is 11.2. The van der Waals surface area contributed by atoms with Crippen LogP contribution in [0.3, 0.4) is 0 Å². The lowest BCUT2D eigenvalue weighted by Crippen LogP contribution is -2.52. The van der Waals surface area contributed by atoms with Gasteiger partial charge in [-0.25, -0.2) is 14.5 Å². The topological polar surface area (TPSA) is 119 Å². The monoisotopic (exact) mass is 474 g/mol. The normalized spacial score (nSPS) is 12.9. The van der Waals surface area contributed by atoms with Crippen molar-refractivity contribution in [2.75, 3.05) is 20.3 Å². The van der Waals surface area contributed by atoms with Gasteiger partial charge in [-0.3, -0.25) is 4.79 Å². The van der Waals surface area contributed by atoms with Crippen LogP contribution in [0, 0.1) is 0 Å². The average molecular weight is 475 g/mol. The molecular formula is C27H26N2O6. The van der Waals surface area contributed by atoms with Gasteiger partial charge in [-0.05, 0) is 39.9 Å². The number of benzene rings is 3. The van der Waals surface area contributed by atoms with Crippen molar-refractivity contribution >= 4 is 18.0 Å². The Hall–Kier alpha value is -4.17. The largest absolute Gasteiger partial charge is 0.508 e. The van der Waals surface area contributed by atoms with E-state index in [1.54, 1.807) is 12.1 Å². The van der Waals surface area contributed by atoms with Gasteiger partial charge in [0.2, 0.25) is 5.91 Å². The highest BCUT2D eigenvalue weighted by Crippen LogP contribution is 2.44. The maximum absolute atomic E-state index is 13.2. The van der Waals surface area contributed by atoms with Gasteiger partial charge in [0.05, 0.1) is 13.7 Å². The predicted molar refractivity (Wildman–Crippen MR) is 129 cm³/mol. The number of carbonyl (C=O) groups excluding carboxylic acids is 3. The molecule has 1 atom stereocenters. The minimum absolute atomic E-state index is 0.0195. The average Bonchev–Trinajstić information content (AvgIpc) is 3.21. The second-order valence-electron chi connectivity index (χ2n) is 8.18. The maximum atomic E-state index is 13.2. The molecule has 0 spiro atoms. The summed E-state index contributed by atoms with van der Waals surface area (Å²) in [6.45, 7) is -0.512. The van der Waals surface area contributed by atoms with Gasteiger partial charge < -0.3 is 20.3 Å². The van der Waals surface area contributed by atoms with E-state index in [1.807, 2.05) is 48.5 Å². The Morgan fingerprint density at radius 2 is 1.51 bits per heavy atom. The van der Waals surface area contributed by atoms with Gasteiger partial charge in [0.1, 0.15) is 18.4 Å². The highest BCUT2D eigenvalue weighted by atomic mass is 16.6. The summed E-state index contributed by atoms with van der Waals surface area (Å²) in [5, 5.41) is 9.54. The number of ether oxygens (including phenoxy) is 2. The number of esters is 1. The summed E-state index contributed by atoms with van der Waals surface area (Å²) >= 11 is 0. The summed E-state index contributed by atoms with van der Waals surface area (Å²) in [7, 11) is 1.18. The fourth-order valence-corrected chi connectivity index (χ4v) is 4.44. The molecule has 8 nitrogen and oxygen atoms in total. The minimum Gasteiger partial charge on any atom is -0.508 e. The zero-order chi connectivity index (χ0) is 24.9. The Morgan fingerprint density at radius 1 is 0.943 bits per heavy atom. The third kappa shape index (κ3) is 4.88. The molecule has 0 aromatic heterocycles. The molecule has 1 aliphatic rings. The van der Waals surface area contributed by atoms with E-state index in [4.69, 9.17) is 15.2 Å². The smallest absolute Gasteiger partial charge is 0.417 e. The van der Waals surface area contributed by atoms with E-state index in [1.165, 1.54) is 19.2 Å². The molecule has 180 valence electrons. The van der Waals surface area contributed by atoms with Gasteiger partial charge in [0.15, 0.2) is 0 Å². The van der Waals surface area contributed by atoms with Crippen LogP contribution in [0.2, 0.25) is 0 Å². The molecule has 1 aliphatic carbocycles. The van der Waals surface area contributed by atoms with Crippen LogP contribution in [0.25, 0.3) is 11.1 Å². The van der Waals surface area contributed by atoms with Gasteiger partial charge >= 0.3 is 12.1 Å². The van der Waals surface area contributed by atoms with Gasteiger partial charge in [-0.2, -0.15) is 0 Å². The molecule has 0 heterocycles. The summed E-state index contributed by atoms with van der Waals surface area (Å²) < 4.78 is 10.5. The Labute approximate surface area is 202 Å². The third-order valence-electron chi connectivity index (χ3n) is 6.13. The Balaban J connectivity index is 1.58. The van der Waals surface area contributed by atoms with Crippen molar-refractivity contribution in [3.63, 3.8) is 0 Å². The first-order chi connectivity index (χ1) is 16.9. The minimum atomic E-state index is -1.28. The van der Waals surface area contributed by atoms with E-state index in [2.05, 4.69) is 0 Å². The number of nitrogens with two attached hydrogens (primary N) is 1. The number of hydrogen-bond donors (Lipinski definition) is 2. The van der Waals surface area contributed by atoms with Gasteiger partial charge in [0, 0.05) is 12.3 Å². The molecule has 4 rings (SSSR count). The lowest BCUT2D eigenvalue weighted by atomic mass is 9.98. The van der Waals surface area contributed by atoms with Crippen LogP contribution >= 0.6 is 0 Å². The van der Waals surface area contributed by atoms with Crippen LogP contribution in [0.15, 0.2) is 72.8 Å². The number of methoxy groups -OCH3 is 1. The number of imide groups is 1. The molecular weight excluding hydrogens is 448 g/mol. The number of phenolic OH excluding ortho intramolecular Hbond substituents is 1. The Kier molecular flexibility index (Phi) is 7.12. The zero-order valence-electron chi connectivity index (χ0n) is 19.2. The number of amides is 2. The molecule has 8 heteroatoms. The van der Waals surface area contributed by atoms with Gasteiger partial charge in [-0.1, -0.05) is 60.7 Å². The van der Waals surface area contributed by atoms with E-state index in [0.29, 0.717) is 5.56 Å². The molecule has 0 saturated heterocycles. The third-order valence-corrected chi connectivity index (χ3v) is 6.13. The molecule has 0 fully saturated rings. The highest BCUT2D eigenvalue weighted by Gasteiger charge is 2.37. The van der Waals surface area contributed by atoms with Crippen molar-refractivity contribution in [3.05, 3.63) is 89.5 Å². The van der Waals surface area contributed by atoms with Crippen molar-refractivity contribution in [2.24, 2.45) is 5.73 Å². The fraction of sp³-hybridized carbons (Fsp3) is 0.222. The number of nitrogens with zero attached hydrogens (tertiary/aromatic N) is 1. The number of phenols is 1. The van der Waals surface area contributed by atoms with Crippen LogP contribution in [-0.2, 0) is 25.5 Å². The van der Waals surface area contributed by atoms with Crippen LogP contribution in [0.5, 0.6) is 5.75 Å². The zero-order valence-corrected chi connectivity index (χ0v) is 19.2. The van der Waals surface area contributed by atoms with E-state index in [-0.39, 0.29) is 24.7 Å². The Morgan fingerprint density at radius 3 is 2.06 bits per heavy atom. The summed E-state index contributed by atoms with van der Waals surface area (Å²) in [6, 6.07) is 20.6. The molecule has 0 radical (unpaired) electrons. The summed E-state index contributed by atoms with van der Waals surface area (Å²) in [6.07, 6.45) is -1.00. The van der Waals surface area contributed by atoms with Crippen molar-refractivity contribution in [3.8, 4) is 16.9 Å². The van der Waals surface area contributed by atoms with E-state index in [9.17, 15) is 19.5 Å². The van der Waals surface area contributed by atoms with Crippen molar-refractivity contribution < 1.29 is 29.0 Å². The molecule has 35 heavy (non-hydrogen) atoms. The SMILES string of the molecule is COC(=O)[C@@H](Cc1ccc(O)cc1)N(C(=O)CN)C(=O)OCC1c2ccccc2-c2ccccc21. The number of rotatable bonds is 7. The second-order valence-corrected chi connectivity index (χ2v) is 8.18. The molecule has 0 unspecified atom stereocenters. The van der Waals surface area contributed by atoms with Crippen molar-refractivity contribution in [1.82, 2.24) is 4.90 Å². The number of hydrogen-bond acceptors (Lipinski definition) is 7. The molecule has 0 aliphatic heterocycles. The van der Waals surface area contributed by atoms with Crippen LogP contribution in [0.1, 0.15) is 22.6 Å². The summed E-state index contributed by atoms with van der Waals surface area (Å²) in [4.78, 5) is 39.3. The van der Waals surface area contributed by atoms with Crippen molar-refractivity contribution in [2.45, 2.75) is 18.4 Å². The molecule has 3 aromatic rings. The van der Waals surface area contributed by atoms with Gasteiger partial charge in [0.25, 0.3) is 0 Å². The molecule has 2 amide bonds. The maximum Gasteiger partial charge on any atom is 0.417 e. The summed E-state index contributed by atoms with van der Waals surface area (Å²) in [5.74, 6) is -1.71. The second kappa shape index (κ2) is 10.4. The molecule has 0 saturated carbocycles. The Bertz CT molecular complexity index is 1190.